The average molecular weight is 248 g/mol. The van der Waals surface area contributed by atoms with Gasteiger partial charge < -0.3 is 10.2 Å². The molecule has 1 fully saturated rings. The maximum atomic E-state index is 4.60. The molecular weight excluding hydrogens is 224 g/mol. The van der Waals surface area contributed by atoms with E-state index in [0.717, 1.165) is 37.3 Å². The molecule has 2 heterocycles. The summed E-state index contributed by atoms with van der Waals surface area (Å²) in [6, 6.07) is 1.94. The lowest BCUT2D eigenvalue weighted by molar-refractivity contribution is 0.434. The van der Waals surface area contributed by atoms with Crippen LogP contribution in [-0.4, -0.2) is 29.6 Å². The van der Waals surface area contributed by atoms with Gasteiger partial charge in [0.2, 0.25) is 5.95 Å². The number of nitrogens with zero attached hydrogens (tertiary/aromatic N) is 3. The molecule has 1 aromatic heterocycles. The van der Waals surface area contributed by atoms with Crippen LogP contribution in [0.2, 0.25) is 0 Å². The van der Waals surface area contributed by atoms with Crippen molar-refractivity contribution in [3.05, 3.63) is 12.3 Å². The molecule has 0 spiro atoms. The standard InChI is InChI=1S/C14H24N4/c1-11(2)10-16-13-4-7-15-14(17-13)18-8-5-12(3)6-9-18/h4,7,11-12H,5-6,8-10H2,1-3H3,(H,15,16,17). The summed E-state index contributed by atoms with van der Waals surface area (Å²) in [5.74, 6) is 3.27. The molecule has 0 bridgehead atoms. The lowest BCUT2D eigenvalue weighted by Gasteiger charge is -2.30. The van der Waals surface area contributed by atoms with Crippen molar-refractivity contribution in [2.75, 3.05) is 29.9 Å². The Labute approximate surface area is 110 Å². The van der Waals surface area contributed by atoms with Gasteiger partial charge in [0.1, 0.15) is 5.82 Å². The van der Waals surface area contributed by atoms with Crippen molar-refractivity contribution in [2.24, 2.45) is 11.8 Å². The fourth-order valence-corrected chi connectivity index (χ4v) is 2.12. The second-order valence-electron chi connectivity index (χ2n) is 5.69. The van der Waals surface area contributed by atoms with E-state index in [2.05, 4.69) is 41.0 Å². The molecule has 1 aliphatic heterocycles. The second-order valence-corrected chi connectivity index (χ2v) is 5.69. The fraction of sp³-hybridized carbons (Fsp3) is 0.714. The number of rotatable bonds is 4. The van der Waals surface area contributed by atoms with Crippen LogP contribution in [-0.2, 0) is 0 Å². The zero-order chi connectivity index (χ0) is 13.0. The Morgan fingerprint density at radius 2 is 2.11 bits per heavy atom. The Balaban J connectivity index is 1.98. The summed E-state index contributed by atoms with van der Waals surface area (Å²) in [7, 11) is 0. The molecule has 0 unspecified atom stereocenters. The number of nitrogens with one attached hydrogen (secondary N) is 1. The molecule has 1 aliphatic rings. The molecule has 18 heavy (non-hydrogen) atoms. The zero-order valence-electron chi connectivity index (χ0n) is 11.7. The summed E-state index contributed by atoms with van der Waals surface area (Å²) in [5.41, 5.74) is 0. The minimum Gasteiger partial charge on any atom is -0.370 e. The van der Waals surface area contributed by atoms with Gasteiger partial charge in [-0.25, -0.2) is 4.98 Å². The first kappa shape index (κ1) is 13.1. The topological polar surface area (TPSA) is 41.1 Å². The summed E-state index contributed by atoms with van der Waals surface area (Å²) in [5, 5.41) is 3.35. The second kappa shape index (κ2) is 6.03. The smallest absolute Gasteiger partial charge is 0.227 e. The van der Waals surface area contributed by atoms with Crippen LogP contribution in [0.3, 0.4) is 0 Å². The van der Waals surface area contributed by atoms with Gasteiger partial charge in [0.05, 0.1) is 0 Å². The van der Waals surface area contributed by atoms with Crippen molar-refractivity contribution in [3.63, 3.8) is 0 Å². The summed E-state index contributed by atoms with van der Waals surface area (Å²) < 4.78 is 0. The molecule has 4 nitrogen and oxygen atoms in total. The van der Waals surface area contributed by atoms with Crippen LogP contribution in [0.5, 0.6) is 0 Å². The fourth-order valence-electron chi connectivity index (χ4n) is 2.12. The molecule has 100 valence electrons. The summed E-state index contributed by atoms with van der Waals surface area (Å²) in [6.07, 6.45) is 4.34. The van der Waals surface area contributed by atoms with Crippen LogP contribution in [0.1, 0.15) is 33.6 Å². The predicted molar refractivity (Wildman–Crippen MR) is 76.0 cm³/mol. The molecule has 0 amide bonds. The Kier molecular flexibility index (Phi) is 4.39. The van der Waals surface area contributed by atoms with Crippen LogP contribution >= 0.6 is 0 Å². The van der Waals surface area contributed by atoms with Gasteiger partial charge >= 0.3 is 0 Å². The van der Waals surface area contributed by atoms with E-state index >= 15 is 0 Å². The van der Waals surface area contributed by atoms with Gasteiger partial charge in [-0.1, -0.05) is 20.8 Å². The number of anilines is 2. The first-order valence-corrected chi connectivity index (χ1v) is 6.97. The molecule has 0 atom stereocenters. The number of aromatic nitrogens is 2. The van der Waals surface area contributed by atoms with Crippen LogP contribution in [0.15, 0.2) is 12.3 Å². The van der Waals surface area contributed by atoms with Crippen molar-refractivity contribution in [2.45, 2.75) is 33.6 Å². The summed E-state index contributed by atoms with van der Waals surface area (Å²) in [6.45, 7) is 9.82. The van der Waals surface area contributed by atoms with E-state index in [1.54, 1.807) is 0 Å². The predicted octanol–water partition coefficient (Wildman–Crippen LogP) is 2.78. The summed E-state index contributed by atoms with van der Waals surface area (Å²) >= 11 is 0. The third-order valence-corrected chi connectivity index (χ3v) is 3.40. The van der Waals surface area contributed by atoms with E-state index in [1.165, 1.54) is 12.8 Å². The van der Waals surface area contributed by atoms with Crippen LogP contribution in [0.4, 0.5) is 11.8 Å². The van der Waals surface area contributed by atoms with E-state index in [-0.39, 0.29) is 0 Å². The highest BCUT2D eigenvalue weighted by atomic mass is 15.3. The average Bonchev–Trinajstić information content (AvgIpc) is 2.37. The van der Waals surface area contributed by atoms with Crippen molar-refractivity contribution in [1.82, 2.24) is 9.97 Å². The summed E-state index contributed by atoms with van der Waals surface area (Å²) in [4.78, 5) is 11.3. The van der Waals surface area contributed by atoms with Gasteiger partial charge in [-0.05, 0) is 30.7 Å². The lowest BCUT2D eigenvalue weighted by atomic mass is 10.00. The molecule has 0 aliphatic carbocycles. The van der Waals surface area contributed by atoms with E-state index in [0.29, 0.717) is 5.92 Å². The van der Waals surface area contributed by atoms with E-state index < -0.39 is 0 Å². The molecule has 2 rings (SSSR count). The lowest BCUT2D eigenvalue weighted by Crippen LogP contribution is -2.34. The quantitative estimate of drug-likeness (QED) is 0.889. The Hall–Kier alpha value is -1.32. The molecule has 1 aromatic rings. The van der Waals surface area contributed by atoms with Gasteiger partial charge in [-0.3, -0.25) is 0 Å². The van der Waals surface area contributed by atoms with Crippen molar-refractivity contribution < 1.29 is 0 Å². The van der Waals surface area contributed by atoms with Crippen LogP contribution < -0.4 is 10.2 Å². The van der Waals surface area contributed by atoms with E-state index in [9.17, 15) is 0 Å². The first-order chi connectivity index (χ1) is 8.65. The van der Waals surface area contributed by atoms with E-state index in [4.69, 9.17) is 0 Å². The van der Waals surface area contributed by atoms with Gasteiger partial charge in [0.25, 0.3) is 0 Å². The number of hydrogen-bond donors (Lipinski definition) is 1. The molecule has 0 saturated carbocycles. The molecule has 4 heteroatoms. The van der Waals surface area contributed by atoms with E-state index in [1.807, 2.05) is 12.3 Å². The number of piperidine rings is 1. The number of hydrogen-bond acceptors (Lipinski definition) is 4. The maximum absolute atomic E-state index is 4.60. The van der Waals surface area contributed by atoms with Gasteiger partial charge in [-0.2, -0.15) is 4.98 Å². The normalized spacial score (nSPS) is 17.2. The molecule has 0 aromatic carbocycles. The molecule has 1 saturated heterocycles. The third kappa shape index (κ3) is 3.59. The van der Waals surface area contributed by atoms with Crippen LogP contribution in [0.25, 0.3) is 0 Å². The van der Waals surface area contributed by atoms with Crippen molar-refractivity contribution in [1.29, 1.82) is 0 Å². The van der Waals surface area contributed by atoms with Crippen LogP contribution in [0, 0.1) is 11.8 Å². The first-order valence-electron chi connectivity index (χ1n) is 6.97. The largest absolute Gasteiger partial charge is 0.370 e. The molecule has 0 radical (unpaired) electrons. The van der Waals surface area contributed by atoms with Crippen molar-refractivity contribution in [3.8, 4) is 0 Å². The highest BCUT2D eigenvalue weighted by Gasteiger charge is 2.17. The zero-order valence-corrected chi connectivity index (χ0v) is 11.7. The van der Waals surface area contributed by atoms with Gasteiger partial charge in [0.15, 0.2) is 0 Å². The van der Waals surface area contributed by atoms with Gasteiger partial charge in [0, 0.05) is 25.8 Å². The minimum atomic E-state index is 0.624. The Morgan fingerprint density at radius 3 is 2.78 bits per heavy atom. The maximum Gasteiger partial charge on any atom is 0.227 e. The Bertz CT molecular complexity index is 370. The SMILES string of the molecule is CC(C)CNc1ccnc(N2CCC(C)CC2)n1. The monoisotopic (exact) mass is 248 g/mol. The molecular formula is C14H24N4. The highest BCUT2D eigenvalue weighted by molar-refractivity contribution is 5.41. The van der Waals surface area contributed by atoms with Gasteiger partial charge in [-0.15, -0.1) is 0 Å². The Morgan fingerprint density at radius 1 is 1.39 bits per heavy atom. The highest BCUT2D eigenvalue weighted by Crippen LogP contribution is 2.20. The molecule has 1 N–H and O–H groups in total. The third-order valence-electron chi connectivity index (χ3n) is 3.40. The minimum absolute atomic E-state index is 0.624. The van der Waals surface area contributed by atoms with Crippen molar-refractivity contribution >= 4 is 11.8 Å².